The van der Waals surface area contributed by atoms with E-state index in [-0.39, 0.29) is 11.8 Å². The lowest BCUT2D eigenvalue weighted by Gasteiger charge is -2.24. The molecule has 4 aromatic rings. The number of hydrogen-bond acceptors (Lipinski definition) is 4. The number of nitrogens with one attached hydrogen (secondary N) is 2. The molecule has 0 bridgehead atoms. The van der Waals surface area contributed by atoms with Crippen molar-refractivity contribution >= 4 is 11.7 Å². The van der Waals surface area contributed by atoms with Crippen LogP contribution in [0.1, 0.15) is 29.0 Å². The van der Waals surface area contributed by atoms with E-state index in [9.17, 15) is 4.79 Å². The second-order valence-electron chi connectivity index (χ2n) is 7.72. The van der Waals surface area contributed by atoms with Gasteiger partial charge >= 0.3 is 0 Å². The van der Waals surface area contributed by atoms with Gasteiger partial charge in [0.1, 0.15) is 6.61 Å². The Bertz CT molecular complexity index is 1240. The molecule has 0 fully saturated rings. The summed E-state index contributed by atoms with van der Waals surface area (Å²) in [5.74, 6) is 1.67. The summed E-state index contributed by atoms with van der Waals surface area (Å²) in [4.78, 5) is 12.4. The molecule has 6 heteroatoms. The van der Waals surface area contributed by atoms with Gasteiger partial charge in [-0.25, -0.2) is 0 Å². The Hall–Kier alpha value is -4.06. The molecule has 0 unspecified atom stereocenters. The first-order chi connectivity index (χ1) is 15.7. The minimum atomic E-state index is -0.148. The van der Waals surface area contributed by atoms with Crippen LogP contribution in [-0.4, -0.2) is 23.2 Å². The minimum Gasteiger partial charge on any atom is -0.493 e. The highest BCUT2D eigenvalue weighted by Gasteiger charge is 2.32. The van der Waals surface area contributed by atoms with Crippen molar-refractivity contribution in [2.75, 3.05) is 12.4 Å². The van der Waals surface area contributed by atoms with Gasteiger partial charge in [-0.2, -0.15) is 5.10 Å². The molecule has 6 nitrogen and oxygen atoms in total. The zero-order chi connectivity index (χ0) is 21.9. The quantitative estimate of drug-likeness (QED) is 0.449. The number of rotatable bonds is 6. The number of methoxy groups -OCH3 is 1. The van der Waals surface area contributed by atoms with Crippen LogP contribution < -0.4 is 14.8 Å². The number of aromatic nitrogens is 2. The predicted octanol–water partition coefficient (Wildman–Crippen LogP) is 5.14. The maximum absolute atomic E-state index is 12.4. The summed E-state index contributed by atoms with van der Waals surface area (Å²) >= 11 is 0. The van der Waals surface area contributed by atoms with Crippen LogP contribution in [0.5, 0.6) is 11.5 Å². The number of carbonyl (C=O) groups is 1. The summed E-state index contributed by atoms with van der Waals surface area (Å²) in [5, 5.41) is 10.4. The van der Waals surface area contributed by atoms with E-state index in [1.807, 2.05) is 78.9 Å². The van der Waals surface area contributed by atoms with E-state index in [0.29, 0.717) is 30.3 Å². The number of aromatic amines is 1. The van der Waals surface area contributed by atoms with Crippen molar-refractivity contribution in [2.24, 2.45) is 0 Å². The smallest absolute Gasteiger partial charge is 0.226 e. The fraction of sp³-hybridized carbons (Fsp3) is 0.154. The lowest BCUT2D eigenvalue weighted by molar-refractivity contribution is -0.116. The molecule has 2 N–H and O–H groups in total. The molecule has 32 heavy (non-hydrogen) atoms. The first-order valence-corrected chi connectivity index (χ1v) is 10.5. The van der Waals surface area contributed by atoms with Crippen molar-refractivity contribution in [1.29, 1.82) is 0 Å². The van der Waals surface area contributed by atoms with Gasteiger partial charge in [0.15, 0.2) is 17.3 Å². The maximum Gasteiger partial charge on any atom is 0.226 e. The lowest BCUT2D eigenvalue weighted by Crippen LogP contribution is -2.23. The van der Waals surface area contributed by atoms with Crippen molar-refractivity contribution in [3.8, 4) is 22.8 Å². The lowest BCUT2D eigenvalue weighted by atomic mass is 9.84. The van der Waals surface area contributed by atoms with E-state index in [0.717, 1.165) is 27.9 Å². The summed E-state index contributed by atoms with van der Waals surface area (Å²) in [6.45, 7) is 0.451. The molecule has 2 heterocycles. The van der Waals surface area contributed by atoms with Crippen molar-refractivity contribution in [3.05, 3.63) is 95.6 Å². The van der Waals surface area contributed by atoms with Crippen molar-refractivity contribution in [2.45, 2.75) is 18.9 Å². The van der Waals surface area contributed by atoms with Crippen LogP contribution in [0.15, 0.2) is 78.9 Å². The number of H-pyrrole nitrogens is 1. The topological polar surface area (TPSA) is 76.2 Å². The Morgan fingerprint density at radius 3 is 2.47 bits per heavy atom. The molecule has 0 saturated heterocycles. The highest BCUT2D eigenvalue weighted by atomic mass is 16.5. The Labute approximate surface area is 186 Å². The van der Waals surface area contributed by atoms with Crippen LogP contribution in [0, 0.1) is 0 Å². The van der Waals surface area contributed by atoms with Gasteiger partial charge in [0.05, 0.1) is 12.8 Å². The van der Waals surface area contributed by atoms with Gasteiger partial charge in [-0.05, 0) is 28.8 Å². The number of ether oxygens (including phenoxy) is 2. The summed E-state index contributed by atoms with van der Waals surface area (Å²) in [5.41, 5.74) is 4.98. The monoisotopic (exact) mass is 425 g/mol. The SMILES string of the molecule is COc1cc([C@@H]2CC(=O)Nc3n[nH]c(-c4ccccc4)c32)ccc1OCc1ccccc1. The third-order valence-corrected chi connectivity index (χ3v) is 5.69. The molecule has 1 atom stereocenters. The number of anilines is 1. The van der Waals surface area contributed by atoms with E-state index in [1.54, 1.807) is 7.11 Å². The number of fused-ring (bicyclic) bond motifs is 1. The zero-order valence-electron chi connectivity index (χ0n) is 17.7. The molecule has 0 spiro atoms. The molecule has 1 aliphatic rings. The van der Waals surface area contributed by atoms with Crippen LogP contribution in [0.3, 0.4) is 0 Å². The van der Waals surface area contributed by atoms with Crippen LogP contribution in [0.25, 0.3) is 11.3 Å². The van der Waals surface area contributed by atoms with Gasteiger partial charge < -0.3 is 14.8 Å². The number of hydrogen-bond donors (Lipinski definition) is 2. The highest BCUT2D eigenvalue weighted by molar-refractivity contribution is 5.96. The van der Waals surface area contributed by atoms with E-state index in [2.05, 4.69) is 15.5 Å². The number of carbonyl (C=O) groups excluding carboxylic acids is 1. The fourth-order valence-electron chi connectivity index (χ4n) is 4.12. The minimum absolute atomic E-state index is 0.0583. The Morgan fingerprint density at radius 1 is 0.969 bits per heavy atom. The highest BCUT2D eigenvalue weighted by Crippen LogP contribution is 2.43. The molecule has 1 aromatic heterocycles. The van der Waals surface area contributed by atoms with E-state index in [4.69, 9.17) is 9.47 Å². The number of amides is 1. The van der Waals surface area contributed by atoms with Gasteiger partial charge in [0.25, 0.3) is 0 Å². The van der Waals surface area contributed by atoms with Gasteiger partial charge in [0, 0.05) is 17.9 Å². The van der Waals surface area contributed by atoms with Crippen LogP contribution >= 0.6 is 0 Å². The standard InChI is InChI=1S/C26H23N3O3/c1-31-22-14-19(12-13-21(22)32-16-17-8-4-2-5-9-17)20-15-23(30)27-26-24(20)25(28-29-26)18-10-6-3-7-11-18/h2-14,20H,15-16H2,1H3,(H2,27,28,29,30)/t20-/m0/s1. The molecule has 3 aromatic carbocycles. The average molecular weight is 425 g/mol. The van der Waals surface area contributed by atoms with Gasteiger partial charge in [0.2, 0.25) is 5.91 Å². The third-order valence-electron chi connectivity index (χ3n) is 5.69. The second kappa shape index (κ2) is 8.59. The second-order valence-corrected chi connectivity index (χ2v) is 7.72. The molecule has 0 saturated carbocycles. The molecular weight excluding hydrogens is 402 g/mol. The number of benzene rings is 3. The largest absolute Gasteiger partial charge is 0.493 e. The molecule has 160 valence electrons. The maximum atomic E-state index is 12.4. The predicted molar refractivity (Wildman–Crippen MR) is 123 cm³/mol. The molecule has 0 aliphatic carbocycles. The normalized spacial score (nSPS) is 15.0. The third kappa shape index (κ3) is 3.83. The summed E-state index contributed by atoms with van der Waals surface area (Å²) in [6, 6.07) is 25.9. The first-order valence-electron chi connectivity index (χ1n) is 10.5. The van der Waals surface area contributed by atoms with Crippen LogP contribution in [-0.2, 0) is 11.4 Å². The number of nitrogens with zero attached hydrogens (tertiary/aromatic N) is 1. The van der Waals surface area contributed by atoms with Crippen molar-refractivity contribution in [1.82, 2.24) is 10.2 Å². The van der Waals surface area contributed by atoms with E-state index >= 15 is 0 Å². The Morgan fingerprint density at radius 2 is 1.72 bits per heavy atom. The van der Waals surface area contributed by atoms with Crippen molar-refractivity contribution in [3.63, 3.8) is 0 Å². The molecule has 1 amide bonds. The summed E-state index contributed by atoms with van der Waals surface area (Å²) in [7, 11) is 1.63. The summed E-state index contributed by atoms with van der Waals surface area (Å²) in [6.07, 6.45) is 0.333. The van der Waals surface area contributed by atoms with Crippen molar-refractivity contribution < 1.29 is 14.3 Å². The Kier molecular flexibility index (Phi) is 5.34. The zero-order valence-corrected chi connectivity index (χ0v) is 17.7. The fourth-order valence-corrected chi connectivity index (χ4v) is 4.12. The summed E-state index contributed by atoms with van der Waals surface area (Å²) < 4.78 is 11.6. The average Bonchev–Trinajstić information content (AvgIpc) is 3.27. The van der Waals surface area contributed by atoms with Gasteiger partial charge in [-0.3, -0.25) is 9.89 Å². The van der Waals surface area contributed by atoms with Gasteiger partial charge in [-0.15, -0.1) is 0 Å². The van der Waals surface area contributed by atoms with Gasteiger partial charge in [-0.1, -0.05) is 66.7 Å². The first kappa shape index (κ1) is 19.9. The molecule has 1 aliphatic heterocycles. The molecule has 0 radical (unpaired) electrons. The van der Waals surface area contributed by atoms with E-state index in [1.165, 1.54) is 0 Å². The van der Waals surface area contributed by atoms with Crippen LogP contribution in [0.4, 0.5) is 5.82 Å². The molecule has 5 rings (SSSR count). The van der Waals surface area contributed by atoms with E-state index < -0.39 is 0 Å². The Balaban J connectivity index is 1.49. The van der Waals surface area contributed by atoms with Crippen LogP contribution in [0.2, 0.25) is 0 Å². The molecular formula is C26H23N3O3.